The predicted octanol–water partition coefficient (Wildman–Crippen LogP) is 4.29. The Bertz CT molecular complexity index is 1170. The zero-order valence-electron chi connectivity index (χ0n) is 16.4. The van der Waals surface area contributed by atoms with E-state index in [-0.39, 0.29) is 5.82 Å². The summed E-state index contributed by atoms with van der Waals surface area (Å²) in [6.45, 7) is 1.94. The van der Waals surface area contributed by atoms with E-state index in [1.807, 2.05) is 49.0 Å². The number of aromatic nitrogens is 5. The molecule has 0 bridgehead atoms. The number of hydrogen-bond donors (Lipinski definition) is 0. The number of ether oxygens (including phenoxy) is 1. The molecule has 0 radical (unpaired) electrons. The summed E-state index contributed by atoms with van der Waals surface area (Å²) in [5, 5.41) is 4.45. The number of halogens is 1. The van der Waals surface area contributed by atoms with Gasteiger partial charge in [0.05, 0.1) is 24.8 Å². The van der Waals surface area contributed by atoms with Gasteiger partial charge in [-0.2, -0.15) is 5.10 Å². The van der Waals surface area contributed by atoms with E-state index >= 15 is 0 Å². The number of imidazole rings is 1. The third-order valence-electron chi connectivity index (χ3n) is 4.50. The van der Waals surface area contributed by atoms with E-state index in [0.29, 0.717) is 11.6 Å². The van der Waals surface area contributed by atoms with Crippen LogP contribution in [0, 0.1) is 12.7 Å². The summed E-state index contributed by atoms with van der Waals surface area (Å²) in [6, 6.07) is 12.1. The minimum absolute atomic E-state index is 0.261. The lowest BCUT2D eigenvalue weighted by atomic mass is 10.1. The second-order valence-electron chi connectivity index (χ2n) is 6.61. The first-order valence-electron chi connectivity index (χ1n) is 9.07. The zero-order valence-corrected chi connectivity index (χ0v) is 16.4. The molecule has 0 amide bonds. The topological polar surface area (TPSA) is 57.8 Å². The molecule has 2 aromatic carbocycles. The molecule has 2 aromatic heterocycles. The molecule has 0 aliphatic heterocycles. The summed E-state index contributed by atoms with van der Waals surface area (Å²) >= 11 is 0. The van der Waals surface area contributed by atoms with Crippen molar-refractivity contribution < 1.29 is 9.13 Å². The van der Waals surface area contributed by atoms with Gasteiger partial charge in [0.1, 0.15) is 11.6 Å². The summed E-state index contributed by atoms with van der Waals surface area (Å²) in [6.07, 6.45) is 7.35. The third-order valence-corrected chi connectivity index (χ3v) is 4.50. The van der Waals surface area contributed by atoms with Crippen molar-refractivity contribution in [1.29, 1.82) is 0 Å². The summed E-state index contributed by atoms with van der Waals surface area (Å²) < 4.78 is 22.3. The van der Waals surface area contributed by atoms with E-state index in [0.717, 1.165) is 28.3 Å². The van der Waals surface area contributed by atoms with Gasteiger partial charge >= 0.3 is 0 Å². The average molecular weight is 389 g/mol. The van der Waals surface area contributed by atoms with Gasteiger partial charge in [0.25, 0.3) is 0 Å². The van der Waals surface area contributed by atoms with Crippen LogP contribution in [0.15, 0.2) is 55.0 Å². The van der Waals surface area contributed by atoms with E-state index in [1.54, 1.807) is 36.3 Å². The highest BCUT2D eigenvalue weighted by Gasteiger charge is 2.13. The number of rotatable bonds is 5. The highest BCUT2D eigenvalue weighted by atomic mass is 19.1. The normalized spacial score (nSPS) is 11.3. The Morgan fingerprint density at radius 1 is 1.07 bits per heavy atom. The Balaban J connectivity index is 1.64. The van der Waals surface area contributed by atoms with Crippen molar-refractivity contribution in [1.82, 2.24) is 24.3 Å². The number of aryl methyl sites for hydroxylation is 2. The number of benzene rings is 2. The minimum Gasteiger partial charge on any atom is -0.495 e. The molecule has 2 heterocycles. The summed E-state index contributed by atoms with van der Waals surface area (Å²) in [7, 11) is 3.48. The molecule has 0 spiro atoms. The van der Waals surface area contributed by atoms with Crippen LogP contribution in [-0.2, 0) is 7.05 Å². The van der Waals surface area contributed by atoms with E-state index in [2.05, 4.69) is 15.1 Å². The van der Waals surface area contributed by atoms with Crippen molar-refractivity contribution in [3.05, 3.63) is 77.9 Å². The molecule has 0 unspecified atom stereocenters. The van der Waals surface area contributed by atoms with Gasteiger partial charge in [-0.3, -0.25) is 0 Å². The van der Waals surface area contributed by atoms with E-state index in [9.17, 15) is 4.39 Å². The van der Waals surface area contributed by atoms with Crippen molar-refractivity contribution in [2.75, 3.05) is 7.11 Å². The van der Waals surface area contributed by atoms with Crippen LogP contribution < -0.4 is 4.74 Å². The fourth-order valence-electron chi connectivity index (χ4n) is 3.05. The SMILES string of the molecule is COc1cc(-c2nc(C=Cc3ccc(F)cc3)nn2C)ccc1-n1cnc(C)c1. The highest BCUT2D eigenvalue weighted by molar-refractivity contribution is 5.68. The van der Waals surface area contributed by atoms with Crippen LogP contribution in [0.5, 0.6) is 5.75 Å². The lowest BCUT2D eigenvalue weighted by Gasteiger charge is -2.11. The number of methoxy groups -OCH3 is 1. The summed E-state index contributed by atoms with van der Waals surface area (Å²) in [4.78, 5) is 8.88. The molecule has 0 fully saturated rings. The minimum atomic E-state index is -0.261. The molecular weight excluding hydrogens is 369 g/mol. The van der Waals surface area contributed by atoms with Gasteiger partial charge in [-0.25, -0.2) is 19.0 Å². The predicted molar refractivity (Wildman–Crippen MR) is 110 cm³/mol. The van der Waals surface area contributed by atoms with Crippen molar-refractivity contribution in [2.45, 2.75) is 6.92 Å². The van der Waals surface area contributed by atoms with Crippen molar-refractivity contribution >= 4 is 12.2 Å². The van der Waals surface area contributed by atoms with Gasteiger partial charge in [0.2, 0.25) is 0 Å². The van der Waals surface area contributed by atoms with Crippen LogP contribution in [0.3, 0.4) is 0 Å². The van der Waals surface area contributed by atoms with Crippen LogP contribution in [0.4, 0.5) is 4.39 Å². The highest BCUT2D eigenvalue weighted by Crippen LogP contribution is 2.29. The molecular formula is C22H20FN5O. The lowest BCUT2D eigenvalue weighted by molar-refractivity contribution is 0.413. The Morgan fingerprint density at radius 2 is 1.86 bits per heavy atom. The Kier molecular flexibility index (Phi) is 4.95. The monoisotopic (exact) mass is 389 g/mol. The Labute approximate surface area is 167 Å². The molecule has 146 valence electrons. The number of nitrogens with zero attached hydrogens (tertiary/aromatic N) is 5. The first kappa shape index (κ1) is 18.6. The van der Waals surface area contributed by atoms with Gasteiger partial charge in [-0.1, -0.05) is 18.2 Å². The first-order valence-corrected chi connectivity index (χ1v) is 9.07. The second kappa shape index (κ2) is 7.71. The van der Waals surface area contributed by atoms with Crippen LogP contribution in [0.1, 0.15) is 17.1 Å². The fraction of sp³-hybridized carbons (Fsp3) is 0.136. The van der Waals surface area contributed by atoms with Gasteiger partial charge in [0, 0.05) is 18.8 Å². The van der Waals surface area contributed by atoms with Crippen LogP contribution >= 0.6 is 0 Å². The van der Waals surface area contributed by atoms with Crippen LogP contribution in [-0.4, -0.2) is 31.4 Å². The molecule has 0 saturated heterocycles. The molecule has 0 saturated carbocycles. The smallest absolute Gasteiger partial charge is 0.174 e. The van der Waals surface area contributed by atoms with Crippen molar-refractivity contribution in [3.63, 3.8) is 0 Å². The van der Waals surface area contributed by atoms with Gasteiger partial charge in [-0.05, 0) is 48.9 Å². The van der Waals surface area contributed by atoms with E-state index in [1.165, 1.54) is 12.1 Å². The third kappa shape index (κ3) is 3.94. The molecule has 0 aliphatic rings. The second-order valence-corrected chi connectivity index (χ2v) is 6.61. The molecule has 0 aliphatic carbocycles. The van der Waals surface area contributed by atoms with Crippen molar-refractivity contribution in [3.8, 4) is 22.8 Å². The molecule has 6 nitrogen and oxygen atoms in total. The molecule has 0 N–H and O–H groups in total. The van der Waals surface area contributed by atoms with Crippen LogP contribution in [0.25, 0.3) is 29.2 Å². The van der Waals surface area contributed by atoms with E-state index < -0.39 is 0 Å². The lowest BCUT2D eigenvalue weighted by Crippen LogP contribution is -1.98. The van der Waals surface area contributed by atoms with Crippen LogP contribution in [0.2, 0.25) is 0 Å². The first-order chi connectivity index (χ1) is 14.0. The van der Waals surface area contributed by atoms with Crippen molar-refractivity contribution in [2.24, 2.45) is 7.05 Å². The van der Waals surface area contributed by atoms with Gasteiger partial charge in [0.15, 0.2) is 11.6 Å². The maximum atomic E-state index is 13.0. The molecule has 0 atom stereocenters. The molecule has 29 heavy (non-hydrogen) atoms. The van der Waals surface area contributed by atoms with E-state index in [4.69, 9.17) is 4.74 Å². The molecule has 4 aromatic rings. The zero-order chi connectivity index (χ0) is 20.4. The quantitative estimate of drug-likeness (QED) is 0.511. The molecule has 4 rings (SSSR count). The number of hydrogen-bond acceptors (Lipinski definition) is 4. The maximum Gasteiger partial charge on any atom is 0.174 e. The average Bonchev–Trinajstić information content (AvgIpc) is 3.32. The Morgan fingerprint density at radius 3 is 2.55 bits per heavy atom. The largest absolute Gasteiger partial charge is 0.495 e. The van der Waals surface area contributed by atoms with Gasteiger partial charge in [-0.15, -0.1) is 0 Å². The standard InChI is InChI=1S/C22H20FN5O/c1-15-13-28(14-24-15)19-10-7-17(12-20(19)29-3)22-25-21(26-27(22)2)11-6-16-4-8-18(23)9-5-16/h4-14H,1-3H3. The fourth-order valence-corrected chi connectivity index (χ4v) is 3.05. The molecule has 7 heteroatoms. The maximum absolute atomic E-state index is 13.0. The summed E-state index contributed by atoms with van der Waals surface area (Å²) in [5.41, 5.74) is 3.60. The summed E-state index contributed by atoms with van der Waals surface area (Å²) in [5.74, 6) is 1.74. The Hall–Kier alpha value is -3.74. The van der Waals surface area contributed by atoms with Gasteiger partial charge < -0.3 is 9.30 Å².